The van der Waals surface area contributed by atoms with Gasteiger partial charge in [-0.25, -0.2) is 9.78 Å². The van der Waals surface area contributed by atoms with Crippen LogP contribution in [0.1, 0.15) is 44.7 Å². The number of thiazole rings is 1. The van der Waals surface area contributed by atoms with Gasteiger partial charge in [0.25, 0.3) is 5.91 Å². The third-order valence-electron chi connectivity index (χ3n) is 6.30. The lowest BCUT2D eigenvalue weighted by molar-refractivity contribution is -0.132. The van der Waals surface area contributed by atoms with Gasteiger partial charge < -0.3 is 19.6 Å². The van der Waals surface area contributed by atoms with Crippen molar-refractivity contribution in [1.29, 1.82) is 0 Å². The fourth-order valence-corrected chi connectivity index (χ4v) is 5.85. The monoisotopic (exact) mass is 540 g/mol. The van der Waals surface area contributed by atoms with Gasteiger partial charge in [0.1, 0.15) is 11.4 Å². The van der Waals surface area contributed by atoms with E-state index in [1.54, 1.807) is 51.6 Å². The normalized spacial score (nSPS) is 16.9. The number of ether oxygens (including phenoxy) is 1. The van der Waals surface area contributed by atoms with Crippen LogP contribution >= 0.6 is 22.7 Å². The molecule has 1 saturated heterocycles. The molecule has 1 unspecified atom stereocenters. The van der Waals surface area contributed by atoms with Crippen LogP contribution in [-0.4, -0.2) is 76.3 Å². The van der Waals surface area contributed by atoms with E-state index < -0.39 is 12.2 Å². The zero-order chi connectivity index (χ0) is 25.9. The van der Waals surface area contributed by atoms with Crippen LogP contribution in [-0.2, 0) is 4.79 Å². The SMILES string of the molecule is O=C1c2ccccc2OC1c1csc(N(CCCC(=O)N2CCN(C(=O)O)CC2)C(=O)c2cccs2)n1. The van der Waals surface area contributed by atoms with Crippen molar-refractivity contribution in [2.24, 2.45) is 0 Å². The first-order valence-electron chi connectivity index (χ1n) is 11.8. The third-order valence-corrected chi connectivity index (χ3v) is 8.04. The number of Topliss-reactive ketones (excluding diaryl/α,β-unsaturated/α-hetero) is 1. The molecule has 0 saturated carbocycles. The van der Waals surface area contributed by atoms with E-state index in [9.17, 15) is 19.2 Å². The molecule has 3 aromatic rings. The van der Waals surface area contributed by atoms with Crippen LogP contribution in [0.2, 0.25) is 0 Å². The molecule has 2 aliphatic heterocycles. The van der Waals surface area contributed by atoms with Crippen LogP contribution in [0, 0.1) is 0 Å². The Kier molecular flexibility index (Phi) is 7.19. The first-order chi connectivity index (χ1) is 17.9. The highest BCUT2D eigenvalue weighted by Gasteiger charge is 2.36. The Morgan fingerprint density at radius 3 is 2.51 bits per heavy atom. The van der Waals surface area contributed by atoms with E-state index in [2.05, 4.69) is 4.98 Å². The molecule has 192 valence electrons. The summed E-state index contributed by atoms with van der Waals surface area (Å²) in [5.74, 6) is 0.0509. The Bertz CT molecular complexity index is 1320. The van der Waals surface area contributed by atoms with Gasteiger partial charge in [0.2, 0.25) is 17.8 Å². The number of rotatable bonds is 7. The number of benzene rings is 1. The highest BCUT2D eigenvalue weighted by molar-refractivity contribution is 7.14. The van der Waals surface area contributed by atoms with Gasteiger partial charge in [-0.1, -0.05) is 18.2 Å². The van der Waals surface area contributed by atoms with Crippen LogP contribution in [0.4, 0.5) is 9.93 Å². The number of aromatic nitrogens is 1. The fourth-order valence-electron chi connectivity index (χ4n) is 4.32. The summed E-state index contributed by atoms with van der Waals surface area (Å²) in [5.41, 5.74) is 0.953. The Hall–Kier alpha value is -3.77. The van der Waals surface area contributed by atoms with Crippen LogP contribution in [0.3, 0.4) is 0 Å². The van der Waals surface area contributed by atoms with E-state index in [0.29, 0.717) is 46.5 Å². The summed E-state index contributed by atoms with van der Waals surface area (Å²) >= 11 is 2.57. The minimum absolute atomic E-state index is 0.0731. The topological polar surface area (TPSA) is 120 Å². The number of fused-ring (bicyclic) bond motifs is 1. The van der Waals surface area contributed by atoms with Gasteiger partial charge in [-0.2, -0.15) is 0 Å². The van der Waals surface area contributed by atoms with Crippen LogP contribution in [0.5, 0.6) is 5.75 Å². The van der Waals surface area contributed by atoms with E-state index in [-0.39, 0.29) is 43.7 Å². The smallest absolute Gasteiger partial charge is 0.407 e. The van der Waals surface area contributed by atoms with Crippen molar-refractivity contribution in [3.05, 3.63) is 63.3 Å². The number of hydrogen-bond donors (Lipinski definition) is 1. The van der Waals surface area contributed by atoms with Crippen molar-refractivity contribution in [3.63, 3.8) is 0 Å². The molecule has 3 amide bonds. The maximum Gasteiger partial charge on any atom is 0.407 e. The Labute approximate surface area is 220 Å². The molecule has 5 rings (SSSR count). The summed E-state index contributed by atoms with van der Waals surface area (Å²) in [6.07, 6.45) is -1.20. The Morgan fingerprint density at radius 2 is 1.81 bits per heavy atom. The largest absolute Gasteiger partial charge is 0.475 e. The van der Waals surface area contributed by atoms with E-state index in [1.807, 2.05) is 5.38 Å². The van der Waals surface area contributed by atoms with Gasteiger partial charge in [-0.05, 0) is 30.0 Å². The van der Waals surface area contributed by atoms with E-state index in [4.69, 9.17) is 9.84 Å². The standard InChI is InChI=1S/C25H24N4O6S2/c30-20(27-10-12-28(13-11-27)25(33)34)8-3-9-29(23(32)19-7-4-14-36-19)24-26-17(15-37-24)22-21(31)16-5-1-2-6-18(16)35-22/h1-2,4-7,14-15,22H,3,8-13H2,(H,33,34). The molecule has 4 heterocycles. The lowest BCUT2D eigenvalue weighted by atomic mass is 10.1. The molecule has 37 heavy (non-hydrogen) atoms. The maximum absolute atomic E-state index is 13.3. The number of nitrogens with zero attached hydrogens (tertiary/aromatic N) is 4. The van der Waals surface area contributed by atoms with Crippen LogP contribution in [0.25, 0.3) is 0 Å². The zero-order valence-corrected chi connectivity index (χ0v) is 21.4. The molecular formula is C25H24N4O6S2. The van der Waals surface area contributed by atoms with E-state index in [1.165, 1.54) is 27.6 Å². The van der Waals surface area contributed by atoms with Gasteiger partial charge >= 0.3 is 6.09 Å². The van der Waals surface area contributed by atoms with Crippen molar-refractivity contribution in [2.45, 2.75) is 18.9 Å². The second-order valence-electron chi connectivity index (χ2n) is 8.60. The van der Waals surface area contributed by atoms with Crippen molar-refractivity contribution < 1.29 is 29.0 Å². The number of anilines is 1. The lowest BCUT2D eigenvalue weighted by Gasteiger charge is -2.33. The molecule has 1 atom stereocenters. The molecule has 12 heteroatoms. The summed E-state index contributed by atoms with van der Waals surface area (Å²) < 4.78 is 5.84. The lowest BCUT2D eigenvalue weighted by Crippen LogP contribution is -2.50. The molecule has 0 spiro atoms. The van der Waals surface area contributed by atoms with Crippen LogP contribution in [0.15, 0.2) is 47.2 Å². The molecular weight excluding hydrogens is 516 g/mol. The van der Waals surface area contributed by atoms with Crippen molar-refractivity contribution in [1.82, 2.24) is 14.8 Å². The quantitative estimate of drug-likeness (QED) is 0.484. The van der Waals surface area contributed by atoms with Gasteiger partial charge in [-0.15, -0.1) is 22.7 Å². The molecule has 0 aliphatic carbocycles. The minimum Gasteiger partial charge on any atom is -0.475 e. The molecule has 0 bridgehead atoms. The molecule has 1 aromatic carbocycles. The third kappa shape index (κ3) is 5.20. The molecule has 1 N–H and O–H groups in total. The first kappa shape index (κ1) is 24.9. The summed E-state index contributed by atoms with van der Waals surface area (Å²) in [7, 11) is 0. The average Bonchev–Trinajstić information content (AvgIpc) is 3.67. The summed E-state index contributed by atoms with van der Waals surface area (Å²) in [5, 5.41) is 13.1. The molecule has 0 radical (unpaired) electrons. The summed E-state index contributed by atoms with van der Waals surface area (Å²) in [6, 6.07) is 10.6. The van der Waals surface area contributed by atoms with Gasteiger partial charge in [0.05, 0.1) is 10.4 Å². The highest BCUT2D eigenvalue weighted by Crippen LogP contribution is 2.38. The number of thiophene rings is 1. The van der Waals surface area contributed by atoms with Gasteiger partial charge in [0.15, 0.2) is 5.13 Å². The molecule has 2 aromatic heterocycles. The number of ketones is 1. The Balaban J connectivity index is 1.26. The number of amides is 3. The van der Waals surface area contributed by atoms with Crippen molar-refractivity contribution in [3.8, 4) is 5.75 Å². The van der Waals surface area contributed by atoms with E-state index >= 15 is 0 Å². The summed E-state index contributed by atoms with van der Waals surface area (Å²) in [4.78, 5) is 59.6. The first-order valence-corrected chi connectivity index (χ1v) is 13.5. The Morgan fingerprint density at radius 1 is 1.05 bits per heavy atom. The van der Waals surface area contributed by atoms with Crippen molar-refractivity contribution >= 4 is 51.5 Å². The molecule has 10 nitrogen and oxygen atoms in total. The number of carbonyl (C=O) groups is 4. The van der Waals surface area contributed by atoms with Crippen LogP contribution < -0.4 is 9.64 Å². The fraction of sp³-hybridized carbons (Fsp3) is 0.320. The van der Waals surface area contributed by atoms with Crippen molar-refractivity contribution in [2.75, 3.05) is 37.6 Å². The number of carbonyl (C=O) groups excluding carboxylic acids is 3. The number of carboxylic acid groups (broad SMARTS) is 1. The minimum atomic E-state index is -0.980. The zero-order valence-electron chi connectivity index (χ0n) is 19.7. The van der Waals surface area contributed by atoms with Gasteiger partial charge in [0, 0.05) is 44.5 Å². The predicted octanol–water partition coefficient (Wildman–Crippen LogP) is 3.77. The van der Waals surface area contributed by atoms with E-state index in [0.717, 1.165) is 0 Å². The number of para-hydroxylation sites is 1. The number of hydrogen-bond acceptors (Lipinski definition) is 8. The second kappa shape index (κ2) is 10.7. The summed E-state index contributed by atoms with van der Waals surface area (Å²) in [6.45, 7) is 1.56. The molecule has 1 fully saturated rings. The average molecular weight is 541 g/mol. The number of piperazine rings is 1. The predicted molar refractivity (Wildman–Crippen MR) is 138 cm³/mol. The van der Waals surface area contributed by atoms with Gasteiger partial charge in [-0.3, -0.25) is 19.3 Å². The second-order valence-corrected chi connectivity index (χ2v) is 10.4. The molecule has 2 aliphatic rings. The highest BCUT2D eigenvalue weighted by atomic mass is 32.1. The maximum atomic E-state index is 13.3.